The third-order valence-corrected chi connectivity index (χ3v) is 2.83. The Bertz CT molecular complexity index is 646. The van der Waals surface area contributed by atoms with Crippen molar-refractivity contribution >= 4 is 23.6 Å². The monoisotopic (exact) mass is 280 g/mol. The average Bonchev–Trinajstić information content (AvgIpc) is 2.48. The molecule has 0 aliphatic carbocycles. The molecule has 0 spiro atoms. The first-order chi connectivity index (χ1) is 10.1. The molecular weight excluding hydrogens is 264 g/mol. The van der Waals surface area contributed by atoms with Gasteiger partial charge in [-0.3, -0.25) is 9.59 Å². The van der Waals surface area contributed by atoms with Gasteiger partial charge in [0.15, 0.2) is 0 Å². The Hall–Kier alpha value is -2.88. The van der Waals surface area contributed by atoms with Crippen LogP contribution in [-0.4, -0.2) is 11.8 Å². The Morgan fingerprint density at radius 1 is 1.00 bits per heavy atom. The first-order valence-corrected chi connectivity index (χ1v) is 6.55. The Balaban J connectivity index is 1.93. The third kappa shape index (κ3) is 4.95. The second-order valence-electron chi connectivity index (χ2n) is 4.57. The Morgan fingerprint density at radius 3 is 2.29 bits per heavy atom. The van der Waals surface area contributed by atoms with Gasteiger partial charge in [0.2, 0.25) is 11.8 Å². The average molecular weight is 280 g/mol. The molecule has 0 fully saturated rings. The summed E-state index contributed by atoms with van der Waals surface area (Å²) in [6.45, 7) is 0. The van der Waals surface area contributed by atoms with E-state index in [1.807, 2.05) is 30.3 Å². The van der Waals surface area contributed by atoms with Crippen LogP contribution in [0.3, 0.4) is 0 Å². The molecule has 0 aromatic heterocycles. The molecule has 21 heavy (non-hydrogen) atoms. The van der Waals surface area contributed by atoms with Crippen LogP contribution in [0, 0.1) is 0 Å². The summed E-state index contributed by atoms with van der Waals surface area (Å²) in [5.41, 5.74) is 7.57. The number of carbonyl (C=O) groups excluding carboxylic acids is 2. The van der Waals surface area contributed by atoms with Gasteiger partial charge in [-0.2, -0.15) is 0 Å². The zero-order valence-electron chi connectivity index (χ0n) is 11.5. The first kappa shape index (κ1) is 14.5. The number of rotatable bonds is 5. The minimum atomic E-state index is -0.377. The van der Waals surface area contributed by atoms with Crippen molar-refractivity contribution in [3.63, 3.8) is 0 Å². The number of benzene rings is 2. The number of hydrogen-bond donors (Lipinski definition) is 2. The molecule has 0 unspecified atom stereocenters. The maximum Gasteiger partial charge on any atom is 0.248 e. The summed E-state index contributed by atoms with van der Waals surface area (Å²) in [7, 11) is 0. The highest BCUT2D eigenvalue weighted by molar-refractivity contribution is 6.01. The van der Waals surface area contributed by atoms with Crippen LogP contribution in [-0.2, 0) is 16.0 Å². The summed E-state index contributed by atoms with van der Waals surface area (Å²) in [4.78, 5) is 22.6. The number of carbonyl (C=O) groups is 2. The fraction of sp³-hybridized carbons (Fsp3) is 0.0588. The number of hydrogen-bond acceptors (Lipinski definition) is 2. The lowest BCUT2D eigenvalue weighted by atomic mass is 10.1. The number of primary amides is 1. The molecule has 0 aliphatic heterocycles. The van der Waals surface area contributed by atoms with Crippen molar-refractivity contribution in [2.45, 2.75) is 6.42 Å². The van der Waals surface area contributed by atoms with E-state index >= 15 is 0 Å². The van der Waals surface area contributed by atoms with Crippen molar-refractivity contribution < 1.29 is 9.59 Å². The third-order valence-electron chi connectivity index (χ3n) is 2.83. The molecule has 106 valence electrons. The van der Waals surface area contributed by atoms with E-state index in [9.17, 15) is 9.59 Å². The lowest BCUT2D eigenvalue weighted by Gasteiger charge is -2.03. The number of nitrogens with two attached hydrogens (primary N) is 1. The lowest BCUT2D eigenvalue weighted by Crippen LogP contribution is -2.13. The van der Waals surface area contributed by atoms with E-state index in [2.05, 4.69) is 5.32 Å². The van der Waals surface area contributed by atoms with Gasteiger partial charge in [-0.25, -0.2) is 0 Å². The predicted molar refractivity (Wildman–Crippen MR) is 83.4 cm³/mol. The molecule has 4 nitrogen and oxygen atoms in total. The summed E-state index contributed by atoms with van der Waals surface area (Å²) in [6, 6.07) is 16.6. The standard InChI is InChI=1S/C17H16N2O2/c18-16(20)12-14-6-9-15(10-7-14)19-17(21)11-8-13-4-2-1-3-5-13/h1-11H,12H2,(H2,18,20)(H,19,21). The molecule has 0 saturated carbocycles. The van der Waals surface area contributed by atoms with Crippen molar-refractivity contribution in [2.24, 2.45) is 5.73 Å². The Labute approximate surface area is 123 Å². The van der Waals surface area contributed by atoms with E-state index in [4.69, 9.17) is 5.73 Å². The van der Waals surface area contributed by atoms with Crippen LogP contribution in [0.15, 0.2) is 60.7 Å². The van der Waals surface area contributed by atoms with Crippen LogP contribution in [0.4, 0.5) is 5.69 Å². The zero-order valence-corrected chi connectivity index (χ0v) is 11.5. The van der Waals surface area contributed by atoms with E-state index in [0.717, 1.165) is 11.1 Å². The van der Waals surface area contributed by atoms with Crippen LogP contribution in [0.2, 0.25) is 0 Å². The van der Waals surface area contributed by atoms with Crippen LogP contribution < -0.4 is 11.1 Å². The minimum absolute atomic E-state index is 0.197. The van der Waals surface area contributed by atoms with Gasteiger partial charge in [0.25, 0.3) is 0 Å². The molecule has 2 aromatic rings. The molecule has 2 rings (SSSR count). The fourth-order valence-electron chi connectivity index (χ4n) is 1.83. The molecule has 2 amide bonds. The predicted octanol–water partition coefficient (Wildman–Crippen LogP) is 2.37. The molecule has 0 aliphatic rings. The highest BCUT2D eigenvalue weighted by Crippen LogP contribution is 2.10. The van der Waals surface area contributed by atoms with Gasteiger partial charge in [0.1, 0.15) is 0 Å². The van der Waals surface area contributed by atoms with Crippen molar-refractivity contribution in [3.05, 3.63) is 71.8 Å². The summed E-state index contributed by atoms with van der Waals surface area (Å²) < 4.78 is 0. The van der Waals surface area contributed by atoms with E-state index in [0.29, 0.717) is 5.69 Å². The summed E-state index contributed by atoms with van der Waals surface area (Å²) in [5, 5.41) is 2.75. The maximum absolute atomic E-state index is 11.8. The van der Waals surface area contributed by atoms with Crippen LogP contribution in [0.25, 0.3) is 6.08 Å². The van der Waals surface area contributed by atoms with E-state index in [-0.39, 0.29) is 18.2 Å². The van der Waals surface area contributed by atoms with E-state index in [1.165, 1.54) is 6.08 Å². The normalized spacial score (nSPS) is 10.5. The van der Waals surface area contributed by atoms with Crippen LogP contribution >= 0.6 is 0 Å². The van der Waals surface area contributed by atoms with Gasteiger partial charge in [0.05, 0.1) is 6.42 Å². The summed E-state index contributed by atoms with van der Waals surface area (Å²) in [5.74, 6) is -0.584. The van der Waals surface area contributed by atoms with Crippen molar-refractivity contribution in [1.29, 1.82) is 0 Å². The molecule has 4 heteroatoms. The highest BCUT2D eigenvalue weighted by Gasteiger charge is 2.00. The molecule has 0 atom stereocenters. The zero-order chi connectivity index (χ0) is 15.1. The number of nitrogens with one attached hydrogen (secondary N) is 1. The largest absolute Gasteiger partial charge is 0.369 e. The molecule has 2 aromatic carbocycles. The topological polar surface area (TPSA) is 72.2 Å². The molecular formula is C17H16N2O2. The highest BCUT2D eigenvalue weighted by atomic mass is 16.1. The smallest absolute Gasteiger partial charge is 0.248 e. The molecule has 3 N–H and O–H groups in total. The van der Waals surface area contributed by atoms with E-state index in [1.54, 1.807) is 30.3 Å². The Morgan fingerprint density at radius 2 is 1.67 bits per heavy atom. The SMILES string of the molecule is NC(=O)Cc1ccc(NC(=O)C=Cc2ccccc2)cc1. The van der Waals surface area contributed by atoms with Crippen LogP contribution in [0.5, 0.6) is 0 Å². The van der Waals surface area contributed by atoms with Gasteiger partial charge >= 0.3 is 0 Å². The van der Waals surface area contributed by atoms with E-state index < -0.39 is 0 Å². The maximum atomic E-state index is 11.8. The number of anilines is 1. The van der Waals surface area contributed by atoms with Crippen molar-refractivity contribution in [1.82, 2.24) is 0 Å². The summed E-state index contributed by atoms with van der Waals surface area (Å²) >= 11 is 0. The van der Waals surface area contributed by atoms with Gasteiger partial charge in [-0.05, 0) is 29.3 Å². The molecule has 0 radical (unpaired) electrons. The van der Waals surface area contributed by atoms with Gasteiger partial charge in [0, 0.05) is 11.8 Å². The Kier molecular flexibility index (Phi) is 4.88. The van der Waals surface area contributed by atoms with Gasteiger partial charge < -0.3 is 11.1 Å². The molecule has 0 bridgehead atoms. The molecule has 0 heterocycles. The summed E-state index contributed by atoms with van der Waals surface area (Å²) in [6.07, 6.45) is 3.42. The quantitative estimate of drug-likeness (QED) is 0.825. The van der Waals surface area contributed by atoms with Gasteiger partial charge in [-0.15, -0.1) is 0 Å². The molecule has 0 saturated heterocycles. The van der Waals surface area contributed by atoms with Crippen molar-refractivity contribution in [3.8, 4) is 0 Å². The number of amides is 2. The minimum Gasteiger partial charge on any atom is -0.369 e. The van der Waals surface area contributed by atoms with Crippen LogP contribution in [0.1, 0.15) is 11.1 Å². The lowest BCUT2D eigenvalue weighted by molar-refractivity contribution is -0.117. The second-order valence-corrected chi connectivity index (χ2v) is 4.57. The first-order valence-electron chi connectivity index (χ1n) is 6.55. The van der Waals surface area contributed by atoms with Crippen molar-refractivity contribution in [2.75, 3.05) is 5.32 Å². The van der Waals surface area contributed by atoms with Gasteiger partial charge in [-0.1, -0.05) is 42.5 Å². The fourth-order valence-corrected chi connectivity index (χ4v) is 1.83. The second kappa shape index (κ2) is 7.05.